The summed E-state index contributed by atoms with van der Waals surface area (Å²) in [5, 5.41) is 0. The third-order valence-electron chi connectivity index (χ3n) is 2.49. The van der Waals surface area contributed by atoms with E-state index in [9.17, 15) is 4.39 Å². The Hall–Kier alpha value is -2.36. The molecule has 0 fully saturated rings. The Morgan fingerprint density at radius 3 is 2.76 bits per heavy atom. The third kappa shape index (κ3) is 1.73. The number of aromatic amines is 1. The first-order chi connectivity index (χ1) is 8.34. The Labute approximate surface area is 96.9 Å². The van der Waals surface area contributed by atoms with Gasteiger partial charge in [0, 0.05) is 5.56 Å². The highest BCUT2D eigenvalue weighted by Gasteiger charge is 2.09. The van der Waals surface area contributed by atoms with Crippen LogP contribution in [0.3, 0.4) is 0 Å². The van der Waals surface area contributed by atoms with Gasteiger partial charge in [-0.1, -0.05) is 12.1 Å². The molecule has 0 unspecified atom stereocenters. The number of halogens is 1. The van der Waals surface area contributed by atoms with Gasteiger partial charge in [-0.25, -0.2) is 9.37 Å². The topological polar surface area (TPSA) is 41.8 Å². The van der Waals surface area contributed by atoms with Crippen LogP contribution in [0.4, 0.5) is 4.39 Å². The predicted octanol–water partition coefficient (Wildman–Crippen LogP) is 3.48. The average Bonchev–Trinajstić information content (AvgIpc) is 3.00. The van der Waals surface area contributed by atoms with Crippen molar-refractivity contribution in [2.45, 2.75) is 0 Å². The summed E-state index contributed by atoms with van der Waals surface area (Å²) in [4.78, 5) is 7.19. The largest absolute Gasteiger partial charge is 0.461 e. The molecule has 84 valence electrons. The molecule has 0 spiro atoms. The Bertz CT molecular complexity index is 628. The van der Waals surface area contributed by atoms with Crippen LogP contribution >= 0.6 is 0 Å². The minimum atomic E-state index is -0.276. The maximum Gasteiger partial charge on any atom is 0.173 e. The minimum absolute atomic E-state index is 0.276. The lowest BCUT2D eigenvalue weighted by Crippen LogP contribution is -1.83. The number of aromatic nitrogens is 2. The number of furan rings is 1. The number of imidazole rings is 1. The van der Waals surface area contributed by atoms with E-state index < -0.39 is 0 Å². The highest BCUT2D eigenvalue weighted by Crippen LogP contribution is 2.24. The lowest BCUT2D eigenvalue weighted by molar-refractivity contribution is 0.578. The SMILES string of the molecule is Fc1ccccc1-c1cnc(-c2ccco2)[nH]1. The fourth-order valence-electron chi connectivity index (χ4n) is 1.68. The molecule has 0 saturated carbocycles. The zero-order chi connectivity index (χ0) is 11.7. The van der Waals surface area contributed by atoms with Crippen LogP contribution in [0.1, 0.15) is 0 Å². The van der Waals surface area contributed by atoms with Gasteiger partial charge in [-0.15, -0.1) is 0 Å². The van der Waals surface area contributed by atoms with E-state index in [1.807, 2.05) is 0 Å². The summed E-state index contributed by atoms with van der Waals surface area (Å²) in [6, 6.07) is 10.1. The Morgan fingerprint density at radius 1 is 1.12 bits per heavy atom. The summed E-state index contributed by atoms with van der Waals surface area (Å²) in [5.74, 6) is 0.947. The Morgan fingerprint density at radius 2 is 2.00 bits per heavy atom. The molecule has 3 nitrogen and oxygen atoms in total. The molecule has 4 heteroatoms. The van der Waals surface area contributed by atoms with Gasteiger partial charge in [0.15, 0.2) is 11.6 Å². The molecule has 3 aromatic rings. The molecule has 0 saturated heterocycles. The Balaban J connectivity index is 2.04. The molecule has 0 aliphatic heterocycles. The number of nitrogens with one attached hydrogen (secondary N) is 1. The lowest BCUT2D eigenvalue weighted by atomic mass is 10.1. The van der Waals surface area contributed by atoms with E-state index >= 15 is 0 Å². The van der Waals surface area contributed by atoms with E-state index in [1.165, 1.54) is 6.07 Å². The molecule has 0 amide bonds. The van der Waals surface area contributed by atoms with Crippen molar-refractivity contribution < 1.29 is 8.81 Å². The molecule has 0 atom stereocenters. The minimum Gasteiger partial charge on any atom is -0.461 e. The first-order valence-electron chi connectivity index (χ1n) is 5.18. The fraction of sp³-hybridized carbons (Fsp3) is 0. The summed E-state index contributed by atoms with van der Waals surface area (Å²) in [6.07, 6.45) is 3.16. The molecule has 1 N–H and O–H groups in total. The quantitative estimate of drug-likeness (QED) is 0.729. The number of hydrogen-bond acceptors (Lipinski definition) is 2. The summed E-state index contributed by atoms with van der Waals surface area (Å²) in [7, 11) is 0. The van der Waals surface area contributed by atoms with Crippen LogP contribution in [0.25, 0.3) is 22.8 Å². The van der Waals surface area contributed by atoms with Crippen molar-refractivity contribution in [2.75, 3.05) is 0 Å². The number of hydrogen-bond donors (Lipinski definition) is 1. The van der Waals surface area contributed by atoms with E-state index in [2.05, 4.69) is 9.97 Å². The van der Waals surface area contributed by atoms with Crippen molar-refractivity contribution in [1.29, 1.82) is 0 Å². The van der Waals surface area contributed by atoms with Crippen molar-refractivity contribution in [3.8, 4) is 22.8 Å². The molecular formula is C13H9FN2O. The average molecular weight is 228 g/mol. The summed E-state index contributed by atoms with van der Waals surface area (Å²) in [5.41, 5.74) is 1.13. The monoisotopic (exact) mass is 228 g/mol. The highest BCUT2D eigenvalue weighted by molar-refractivity contribution is 5.62. The molecule has 0 radical (unpaired) electrons. The Kier molecular flexibility index (Phi) is 2.26. The maximum atomic E-state index is 13.6. The van der Waals surface area contributed by atoms with E-state index in [-0.39, 0.29) is 5.82 Å². The molecular weight excluding hydrogens is 219 g/mol. The first kappa shape index (κ1) is 9.84. The van der Waals surface area contributed by atoms with Crippen LogP contribution in [0.2, 0.25) is 0 Å². The molecule has 0 bridgehead atoms. The predicted molar refractivity (Wildman–Crippen MR) is 61.7 cm³/mol. The van der Waals surface area contributed by atoms with Gasteiger partial charge in [0.2, 0.25) is 0 Å². The van der Waals surface area contributed by atoms with E-state index in [1.54, 1.807) is 42.8 Å². The molecule has 2 aromatic heterocycles. The number of rotatable bonds is 2. The van der Waals surface area contributed by atoms with Crippen LogP contribution in [0, 0.1) is 5.82 Å². The normalized spacial score (nSPS) is 10.6. The van der Waals surface area contributed by atoms with Crippen LogP contribution in [-0.2, 0) is 0 Å². The zero-order valence-electron chi connectivity index (χ0n) is 8.85. The van der Waals surface area contributed by atoms with Gasteiger partial charge >= 0.3 is 0 Å². The second-order valence-electron chi connectivity index (χ2n) is 3.60. The van der Waals surface area contributed by atoms with Gasteiger partial charge in [-0.2, -0.15) is 0 Å². The second kappa shape index (κ2) is 3.90. The van der Waals surface area contributed by atoms with Crippen LogP contribution in [-0.4, -0.2) is 9.97 Å². The first-order valence-corrected chi connectivity index (χ1v) is 5.18. The maximum absolute atomic E-state index is 13.6. The van der Waals surface area contributed by atoms with Crippen molar-refractivity contribution in [1.82, 2.24) is 9.97 Å². The standard InChI is InChI=1S/C13H9FN2O/c14-10-5-2-1-4-9(10)11-8-15-13(16-11)12-6-3-7-17-12/h1-8H,(H,15,16). The van der Waals surface area contributed by atoms with E-state index in [0.29, 0.717) is 22.8 Å². The molecule has 2 heterocycles. The van der Waals surface area contributed by atoms with Crippen LogP contribution in [0.5, 0.6) is 0 Å². The molecule has 1 aromatic carbocycles. The number of H-pyrrole nitrogens is 1. The summed E-state index contributed by atoms with van der Waals surface area (Å²) in [6.45, 7) is 0. The van der Waals surface area contributed by atoms with Crippen molar-refractivity contribution in [3.05, 3.63) is 54.7 Å². The van der Waals surface area contributed by atoms with Gasteiger partial charge in [0.05, 0.1) is 18.2 Å². The van der Waals surface area contributed by atoms with Crippen LogP contribution in [0.15, 0.2) is 53.3 Å². The van der Waals surface area contributed by atoms with Gasteiger partial charge in [0.1, 0.15) is 5.82 Å². The molecule has 17 heavy (non-hydrogen) atoms. The van der Waals surface area contributed by atoms with Crippen molar-refractivity contribution >= 4 is 0 Å². The summed E-state index contributed by atoms with van der Waals surface area (Å²) < 4.78 is 18.8. The molecule has 0 aliphatic rings. The third-order valence-corrected chi connectivity index (χ3v) is 2.49. The molecule has 0 aliphatic carbocycles. The second-order valence-corrected chi connectivity index (χ2v) is 3.60. The van der Waals surface area contributed by atoms with Gasteiger partial charge in [-0.3, -0.25) is 0 Å². The highest BCUT2D eigenvalue weighted by atomic mass is 19.1. The number of nitrogens with zero attached hydrogens (tertiary/aromatic N) is 1. The van der Waals surface area contributed by atoms with Crippen molar-refractivity contribution in [2.24, 2.45) is 0 Å². The summed E-state index contributed by atoms with van der Waals surface area (Å²) >= 11 is 0. The number of benzene rings is 1. The fourth-order valence-corrected chi connectivity index (χ4v) is 1.68. The molecule has 3 rings (SSSR count). The lowest BCUT2D eigenvalue weighted by Gasteiger charge is -1.98. The van der Waals surface area contributed by atoms with Crippen molar-refractivity contribution in [3.63, 3.8) is 0 Å². The van der Waals surface area contributed by atoms with Gasteiger partial charge in [0.25, 0.3) is 0 Å². The van der Waals surface area contributed by atoms with E-state index in [4.69, 9.17) is 4.42 Å². The zero-order valence-corrected chi connectivity index (χ0v) is 8.85. The van der Waals surface area contributed by atoms with E-state index in [0.717, 1.165) is 0 Å². The van der Waals surface area contributed by atoms with Gasteiger partial charge < -0.3 is 9.40 Å². The smallest absolute Gasteiger partial charge is 0.173 e. The van der Waals surface area contributed by atoms with Gasteiger partial charge in [-0.05, 0) is 24.3 Å². The van der Waals surface area contributed by atoms with Crippen LogP contribution < -0.4 is 0 Å².